The largest absolute Gasteiger partial charge is 0.480 e. The van der Waals surface area contributed by atoms with Crippen LogP contribution in [0.15, 0.2) is 0 Å². The molecule has 0 amide bonds. The Morgan fingerprint density at radius 1 is 1.00 bits per heavy atom. The first-order chi connectivity index (χ1) is 11.2. The predicted octanol–water partition coefficient (Wildman–Crippen LogP) is 3.50. The fourth-order valence-electron chi connectivity index (χ4n) is 2.42. The fourth-order valence-corrected chi connectivity index (χ4v) is 8.90. The van der Waals surface area contributed by atoms with Gasteiger partial charge in [-0.15, -0.1) is 0 Å². The van der Waals surface area contributed by atoms with Crippen molar-refractivity contribution < 1.29 is 32.6 Å². The van der Waals surface area contributed by atoms with Crippen molar-refractivity contribution in [2.24, 2.45) is 5.73 Å². The van der Waals surface area contributed by atoms with Crippen LogP contribution in [0.1, 0.15) is 47.0 Å². The summed E-state index contributed by atoms with van der Waals surface area (Å²) in [6, 6.07) is -1.14. The van der Waals surface area contributed by atoms with E-state index in [1.807, 2.05) is 6.92 Å². The summed E-state index contributed by atoms with van der Waals surface area (Å²) >= 11 is 0. The molecule has 0 saturated heterocycles. The third-order valence-electron chi connectivity index (χ3n) is 3.37. The number of carboxylic acid groups (broad SMARTS) is 1. The maximum Gasteiger partial charge on any atom is 0.343 e. The van der Waals surface area contributed by atoms with E-state index in [1.165, 1.54) is 0 Å². The molecule has 0 aromatic heterocycles. The molecule has 0 aliphatic rings. The van der Waals surface area contributed by atoms with Crippen molar-refractivity contribution in [3.05, 3.63) is 0 Å². The van der Waals surface area contributed by atoms with Gasteiger partial charge in [0.15, 0.2) is 0 Å². The van der Waals surface area contributed by atoms with Crippen LogP contribution in [0, 0.1) is 0 Å². The first kappa shape index (κ1) is 23.8. The number of hydrogen-bond acceptors (Lipinski definition) is 7. The molecular weight excluding hydrogens is 356 g/mol. The molecule has 3 atom stereocenters. The Balaban J connectivity index is 5.73. The standard InChI is InChI=1S/C14H31NO7P2/c1-5-11-23(18,20-6-2)13(10-9-12(15)14(16)17)24(19,21-7-3)22-8-4/h12-13H,5-11,15H2,1-4H3,(H,16,17). The molecule has 144 valence electrons. The van der Waals surface area contributed by atoms with E-state index in [0.29, 0.717) is 6.42 Å². The molecule has 0 spiro atoms. The van der Waals surface area contributed by atoms with Crippen LogP contribution in [-0.4, -0.2) is 48.5 Å². The molecule has 3 unspecified atom stereocenters. The van der Waals surface area contributed by atoms with Crippen LogP contribution in [0.4, 0.5) is 0 Å². The van der Waals surface area contributed by atoms with Crippen molar-refractivity contribution in [3.8, 4) is 0 Å². The SMILES string of the molecule is CCCP(=O)(OCC)C(CCC(N)C(=O)O)P(=O)(OCC)OCC. The average Bonchev–Trinajstić information content (AvgIpc) is 2.47. The van der Waals surface area contributed by atoms with Crippen molar-refractivity contribution in [3.63, 3.8) is 0 Å². The normalized spacial score (nSPS) is 17.2. The van der Waals surface area contributed by atoms with Crippen LogP contribution in [-0.2, 0) is 27.5 Å². The minimum atomic E-state index is -3.73. The van der Waals surface area contributed by atoms with E-state index >= 15 is 0 Å². The number of carbonyl (C=O) groups is 1. The highest BCUT2D eigenvalue weighted by Crippen LogP contribution is 2.71. The lowest BCUT2D eigenvalue weighted by molar-refractivity contribution is -0.138. The van der Waals surface area contributed by atoms with E-state index in [-0.39, 0.29) is 38.8 Å². The Labute approximate surface area is 144 Å². The van der Waals surface area contributed by atoms with Gasteiger partial charge < -0.3 is 24.4 Å². The van der Waals surface area contributed by atoms with Crippen LogP contribution in [0.3, 0.4) is 0 Å². The summed E-state index contributed by atoms with van der Waals surface area (Å²) in [6.45, 7) is 7.31. The maximum absolute atomic E-state index is 13.3. The molecule has 0 aliphatic heterocycles. The molecule has 0 aromatic carbocycles. The van der Waals surface area contributed by atoms with Gasteiger partial charge in [-0.2, -0.15) is 0 Å². The van der Waals surface area contributed by atoms with Gasteiger partial charge in [0, 0.05) is 6.16 Å². The molecular formula is C14H31NO7P2. The zero-order valence-electron chi connectivity index (χ0n) is 15.0. The molecule has 8 nitrogen and oxygen atoms in total. The van der Waals surface area contributed by atoms with E-state index in [9.17, 15) is 13.9 Å². The lowest BCUT2D eigenvalue weighted by Crippen LogP contribution is -2.31. The van der Waals surface area contributed by atoms with Gasteiger partial charge in [0.05, 0.1) is 19.8 Å². The lowest BCUT2D eigenvalue weighted by atomic mass is 10.2. The predicted molar refractivity (Wildman–Crippen MR) is 93.9 cm³/mol. The zero-order valence-corrected chi connectivity index (χ0v) is 16.8. The van der Waals surface area contributed by atoms with E-state index < -0.39 is 32.4 Å². The number of hydrogen-bond donors (Lipinski definition) is 2. The van der Waals surface area contributed by atoms with Crippen molar-refractivity contribution >= 4 is 20.9 Å². The second kappa shape index (κ2) is 11.4. The third-order valence-corrected chi connectivity index (χ3v) is 10.4. The fraction of sp³-hybridized carbons (Fsp3) is 0.929. The van der Waals surface area contributed by atoms with Crippen molar-refractivity contribution in [1.82, 2.24) is 0 Å². The van der Waals surface area contributed by atoms with Crippen molar-refractivity contribution in [2.45, 2.75) is 58.4 Å². The van der Waals surface area contributed by atoms with Crippen LogP contribution in [0.2, 0.25) is 0 Å². The highest BCUT2D eigenvalue weighted by atomic mass is 31.2. The summed E-state index contributed by atoms with van der Waals surface area (Å²) in [5.74, 6) is -1.17. The second-order valence-corrected chi connectivity index (χ2v) is 10.7. The first-order valence-corrected chi connectivity index (χ1v) is 11.8. The van der Waals surface area contributed by atoms with E-state index in [1.54, 1.807) is 20.8 Å². The van der Waals surface area contributed by atoms with Gasteiger partial charge in [-0.05, 0) is 40.0 Å². The summed E-state index contributed by atoms with van der Waals surface area (Å²) in [6.07, 6.45) is 0.821. The molecule has 0 aliphatic carbocycles. The number of nitrogens with two attached hydrogens (primary N) is 1. The Bertz CT molecular complexity index is 422. The Kier molecular flexibility index (Phi) is 11.3. The van der Waals surface area contributed by atoms with Gasteiger partial charge in [0.2, 0.25) is 7.37 Å². The van der Waals surface area contributed by atoms with E-state index in [2.05, 4.69) is 0 Å². The number of rotatable bonds is 14. The van der Waals surface area contributed by atoms with Crippen LogP contribution < -0.4 is 5.73 Å². The Hall–Kier alpha value is -0.230. The molecule has 0 bridgehead atoms. The first-order valence-electron chi connectivity index (χ1n) is 8.31. The maximum atomic E-state index is 13.3. The minimum absolute atomic E-state index is 0.00488. The second-order valence-electron chi connectivity index (χ2n) is 5.25. The Morgan fingerprint density at radius 3 is 1.88 bits per heavy atom. The monoisotopic (exact) mass is 387 g/mol. The summed E-state index contributed by atoms with van der Waals surface area (Å²) in [5.41, 5.74) is 5.55. The third kappa shape index (κ3) is 6.95. The van der Waals surface area contributed by atoms with E-state index in [0.717, 1.165) is 0 Å². The molecule has 0 saturated carbocycles. The van der Waals surface area contributed by atoms with Crippen LogP contribution >= 0.6 is 15.0 Å². The van der Waals surface area contributed by atoms with Crippen molar-refractivity contribution in [1.29, 1.82) is 0 Å². The van der Waals surface area contributed by atoms with Gasteiger partial charge >= 0.3 is 13.6 Å². The number of carboxylic acids is 1. The van der Waals surface area contributed by atoms with Gasteiger partial charge in [-0.1, -0.05) is 6.92 Å². The molecule has 0 rings (SSSR count). The zero-order chi connectivity index (χ0) is 18.8. The molecule has 3 N–H and O–H groups in total. The molecule has 0 radical (unpaired) electrons. The van der Waals surface area contributed by atoms with Crippen LogP contribution in [0.5, 0.6) is 0 Å². The summed E-state index contributed by atoms with van der Waals surface area (Å²) < 4.78 is 42.8. The van der Waals surface area contributed by atoms with Gasteiger partial charge in [-0.25, -0.2) is 0 Å². The van der Waals surface area contributed by atoms with Gasteiger partial charge in [-0.3, -0.25) is 13.9 Å². The average molecular weight is 387 g/mol. The quantitative estimate of drug-likeness (QED) is 0.434. The van der Waals surface area contributed by atoms with E-state index in [4.69, 9.17) is 24.4 Å². The van der Waals surface area contributed by atoms with Gasteiger partial charge in [0.1, 0.15) is 11.4 Å². The Morgan fingerprint density at radius 2 is 1.50 bits per heavy atom. The summed E-state index contributed by atoms with van der Waals surface area (Å²) in [7, 11) is -7.09. The molecule has 0 fully saturated rings. The molecule has 0 heterocycles. The van der Waals surface area contributed by atoms with Crippen LogP contribution in [0.25, 0.3) is 0 Å². The van der Waals surface area contributed by atoms with Gasteiger partial charge in [0.25, 0.3) is 0 Å². The lowest BCUT2D eigenvalue weighted by Gasteiger charge is -2.32. The minimum Gasteiger partial charge on any atom is -0.480 e. The number of aliphatic carboxylic acids is 1. The molecule has 24 heavy (non-hydrogen) atoms. The highest BCUT2D eigenvalue weighted by Gasteiger charge is 2.48. The van der Waals surface area contributed by atoms with Crippen molar-refractivity contribution in [2.75, 3.05) is 26.0 Å². The molecule has 10 heteroatoms. The molecule has 0 aromatic rings. The summed E-state index contributed by atoms with van der Waals surface area (Å²) in [4.78, 5) is 11.0. The highest BCUT2D eigenvalue weighted by molar-refractivity contribution is 7.75. The smallest absolute Gasteiger partial charge is 0.343 e. The summed E-state index contributed by atoms with van der Waals surface area (Å²) in [5, 5.41) is 7.94. The topological polar surface area (TPSA) is 125 Å².